The predicted molar refractivity (Wildman–Crippen MR) is 136 cm³/mol. The molecule has 0 aliphatic heterocycles. The SMILES string of the molecule is c1ccc(CCCOC(c2ccccc2)C(CCC2CCCCC2)C2CCCCC2)cc1. The van der Waals surface area contributed by atoms with Gasteiger partial charge in [0.1, 0.15) is 0 Å². The molecule has 0 saturated heterocycles. The highest BCUT2D eigenvalue weighted by Crippen LogP contribution is 2.43. The Morgan fingerprint density at radius 3 is 2.03 bits per heavy atom. The fourth-order valence-electron chi connectivity index (χ4n) is 6.34. The first kappa shape index (κ1) is 23.6. The molecule has 2 aliphatic rings. The molecule has 0 aromatic heterocycles. The van der Waals surface area contributed by atoms with Gasteiger partial charge in [0.2, 0.25) is 0 Å². The van der Waals surface area contributed by atoms with E-state index in [1.54, 1.807) is 0 Å². The maximum Gasteiger partial charge on any atom is 0.0855 e. The third kappa shape index (κ3) is 7.20. The molecule has 2 fully saturated rings. The van der Waals surface area contributed by atoms with Crippen LogP contribution in [0.2, 0.25) is 0 Å². The van der Waals surface area contributed by atoms with Crippen molar-refractivity contribution in [3.8, 4) is 0 Å². The first-order chi connectivity index (χ1) is 15.9. The quantitative estimate of drug-likeness (QED) is 0.322. The molecule has 174 valence electrons. The smallest absolute Gasteiger partial charge is 0.0855 e. The summed E-state index contributed by atoms with van der Waals surface area (Å²) in [7, 11) is 0. The minimum atomic E-state index is 0.263. The van der Waals surface area contributed by atoms with Crippen LogP contribution >= 0.6 is 0 Å². The molecular weight excluding hydrogens is 388 g/mol. The molecule has 2 aromatic rings. The van der Waals surface area contributed by atoms with Gasteiger partial charge < -0.3 is 4.74 Å². The van der Waals surface area contributed by atoms with Crippen molar-refractivity contribution in [3.05, 3.63) is 71.8 Å². The summed E-state index contributed by atoms with van der Waals surface area (Å²) >= 11 is 0. The van der Waals surface area contributed by atoms with Crippen LogP contribution in [0.3, 0.4) is 0 Å². The van der Waals surface area contributed by atoms with E-state index >= 15 is 0 Å². The van der Waals surface area contributed by atoms with E-state index in [1.807, 2.05) is 0 Å². The summed E-state index contributed by atoms with van der Waals surface area (Å²) in [4.78, 5) is 0. The summed E-state index contributed by atoms with van der Waals surface area (Å²) < 4.78 is 6.81. The summed E-state index contributed by atoms with van der Waals surface area (Å²) in [5, 5.41) is 0. The highest BCUT2D eigenvalue weighted by molar-refractivity contribution is 5.19. The van der Waals surface area contributed by atoms with Crippen LogP contribution in [0.4, 0.5) is 0 Å². The van der Waals surface area contributed by atoms with Crippen LogP contribution in [-0.4, -0.2) is 6.61 Å². The third-order valence-electron chi connectivity index (χ3n) is 8.16. The van der Waals surface area contributed by atoms with Gasteiger partial charge in [-0.2, -0.15) is 0 Å². The van der Waals surface area contributed by atoms with E-state index in [0.29, 0.717) is 5.92 Å². The van der Waals surface area contributed by atoms with Crippen molar-refractivity contribution < 1.29 is 4.74 Å². The number of hydrogen-bond acceptors (Lipinski definition) is 1. The maximum atomic E-state index is 6.81. The molecule has 0 radical (unpaired) electrons. The lowest BCUT2D eigenvalue weighted by atomic mass is 9.72. The zero-order valence-electron chi connectivity index (χ0n) is 20.1. The van der Waals surface area contributed by atoms with Gasteiger partial charge in [0, 0.05) is 6.61 Å². The zero-order valence-corrected chi connectivity index (χ0v) is 20.1. The number of benzene rings is 2. The molecule has 32 heavy (non-hydrogen) atoms. The van der Waals surface area contributed by atoms with Crippen LogP contribution in [0.1, 0.15) is 101 Å². The number of ether oxygens (including phenoxy) is 1. The van der Waals surface area contributed by atoms with Crippen LogP contribution in [0.15, 0.2) is 60.7 Å². The highest BCUT2D eigenvalue weighted by atomic mass is 16.5. The molecule has 1 nitrogen and oxygen atoms in total. The first-order valence-electron chi connectivity index (χ1n) is 13.6. The van der Waals surface area contributed by atoms with E-state index in [4.69, 9.17) is 4.74 Å². The van der Waals surface area contributed by atoms with Crippen molar-refractivity contribution in [1.82, 2.24) is 0 Å². The van der Waals surface area contributed by atoms with Crippen LogP contribution in [0.25, 0.3) is 0 Å². The van der Waals surface area contributed by atoms with Crippen molar-refractivity contribution in [2.75, 3.05) is 6.61 Å². The molecule has 4 rings (SSSR count). The topological polar surface area (TPSA) is 9.23 Å². The Morgan fingerprint density at radius 1 is 0.719 bits per heavy atom. The Labute approximate surface area is 197 Å². The van der Waals surface area contributed by atoms with E-state index in [9.17, 15) is 0 Å². The number of aryl methyl sites for hydroxylation is 1. The second-order valence-corrected chi connectivity index (χ2v) is 10.4. The Bertz CT molecular complexity index is 728. The Hall–Kier alpha value is -1.60. The molecule has 2 atom stereocenters. The van der Waals surface area contributed by atoms with Gasteiger partial charge in [-0.1, -0.05) is 131 Å². The molecule has 1 heteroatoms. The minimum absolute atomic E-state index is 0.263. The molecule has 0 amide bonds. The van der Waals surface area contributed by atoms with Gasteiger partial charge in [0.25, 0.3) is 0 Å². The predicted octanol–water partition coefficient (Wildman–Crippen LogP) is 8.93. The lowest BCUT2D eigenvalue weighted by Gasteiger charge is -2.37. The summed E-state index contributed by atoms with van der Waals surface area (Å²) in [6.45, 7) is 0.862. The molecule has 0 bridgehead atoms. The third-order valence-corrected chi connectivity index (χ3v) is 8.16. The monoisotopic (exact) mass is 432 g/mol. The summed E-state index contributed by atoms with van der Waals surface area (Å²) in [5.41, 5.74) is 2.83. The van der Waals surface area contributed by atoms with Crippen molar-refractivity contribution in [2.24, 2.45) is 17.8 Å². The molecular formula is C31H44O. The summed E-state index contributed by atoms with van der Waals surface area (Å²) in [6.07, 6.45) is 19.6. The molecule has 2 unspecified atom stereocenters. The second kappa shape index (κ2) is 13.2. The van der Waals surface area contributed by atoms with Crippen LogP contribution in [0.5, 0.6) is 0 Å². The molecule has 0 heterocycles. The van der Waals surface area contributed by atoms with Crippen molar-refractivity contribution >= 4 is 0 Å². The van der Waals surface area contributed by atoms with Gasteiger partial charge in [0.05, 0.1) is 6.10 Å². The molecule has 0 N–H and O–H groups in total. The lowest BCUT2D eigenvalue weighted by Crippen LogP contribution is -2.27. The van der Waals surface area contributed by atoms with E-state index in [2.05, 4.69) is 60.7 Å². The standard InChI is InChI=1S/C31H44O/c1-5-14-26(15-6-1)18-13-25-32-31(29-21-11-4-12-22-29)30(28-19-9-3-10-20-28)24-23-27-16-7-2-8-17-27/h1,4-6,11-12,14-15,21-22,27-28,30-31H,2-3,7-10,13,16-20,23-25H2. The number of rotatable bonds is 11. The van der Waals surface area contributed by atoms with Crippen molar-refractivity contribution in [3.63, 3.8) is 0 Å². The first-order valence-corrected chi connectivity index (χ1v) is 13.6. The van der Waals surface area contributed by atoms with Crippen LogP contribution < -0.4 is 0 Å². The van der Waals surface area contributed by atoms with E-state index < -0.39 is 0 Å². The largest absolute Gasteiger partial charge is 0.373 e. The average Bonchev–Trinajstić information content (AvgIpc) is 2.88. The number of hydrogen-bond donors (Lipinski definition) is 0. The van der Waals surface area contributed by atoms with E-state index in [-0.39, 0.29) is 6.10 Å². The highest BCUT2D eigenvalue weighted by Gasteiger charge is 2.32. The van der Waals surface area contributed by atoms with Crippen LogP contribution in [0, 0.1) is 17.8 Å². The van der Waals surface area contributed by atoms with Gasteiger partial charge in [-0.25, -0.2) is 0 Å². The minimum Gasteiger partial charge on any atom is -0.373 e. The zero-order chi connectivity index (χ0) is 21.8. The average molecular weight is 433 g/mol. The van der Waals surface area contributed by atoms with Crippen molar-refractivity contribution in [2.45, 2.75) is 96.0 Å². The second-order valence-electron chi connectivity index (χ2n) is 10.4. The Balaban J connectivity index is 1.43. The summed E-state index contributed by atoms with van der Waals surface area (Å²) in [5.74, 6) is 2.48. The van der Waals surface area contributed by atoms with Gasteiger partial charge in [-0.15, -0.1) is 0 Å². The summed E-state index contributed by atoms with van der Waals surface area (Å²) in [6, 6.07) is 22.1. The van der Waals surface area contributed by atoms with Gasteiger partial charge in [-0.05, 0) is 48.1 Å². The van der Waals surface area contributed by atoms with E-state index in [0.717, 1.165) is 31.3 Å². The lowest BCUT2D eigenvalue weighted by molar-refractivity contribution is -0.0228. The van der Waals surface area contributed by atoms with Gasteiger partial charge in [0.15, 0.2) is 0 Å². The van der Waals surface area contributed by atoms with Gasteiger partial charge >= 0.3 is 0 Å². The maximum absolute atomic E-state index is 6.81. The fourth-order valence-corrected chi connectivity index (χ4v) is 6.34. The molecule has 2 saturated carbocycles. The Morgan fingerprint density at radius 2 is 1.34 bits per heavy atom. The van der Waals surface area contributed by atoms with Gasteiger partial charge in [-0.3, -0.25) is 0 Å². The van der Waals surface area contributed by atoms with Crippen LogP contribution in [-0.2, 0) is 11.2 Å². The molecule has 0 spiro atoms. The fraction of sp³-hybridized carbons (Fsp3) is 0.613. The molecule has 2 aromatic carbocycles. The molecule has 2 aliphatic carbocycles. The van der Waals surface area contributed by atoms with E-state index in [1.165, 1.54) is 88.2 Å². The Kier molecular flexibility index (Phi) is 9.71. The van der Waals surface area contributed by atoms with Crippen molar-refractivity contribution in [1.29, 1.82) is 0 Å². The normalized spacial score (nSPS) is 20.1.